The zero-order valence-corrected chi connectivity index (χ0v) is 23.9. The number of likely N-dealkylation sites (N-methyl/N-ethyl adjacent to an activating group) is 1. The fourth-order valence-corrected chi connectivity index (χ4v) is 4.73. The number of ketones is 1. The van der Waals surface area contributed by atoms with Gasteiger partial charge in [0.25, 0.3) is 0 Å². The number of piperazine rings is 1. The molecule has 3 rings (SSSR count). The van der Waals surface area contributed by atoms with Gasteiger partial charge < -0.3 is 25.8 Å². The Morgan fingerprint density at radius 3 is 2.48 bits per heavy atom. The molecule has 0 spiro atoms. The molecular weight excluding hydrogens is 549 g/mol. The third kappa shape index (κ3) is 8.29. The van der Waals surface area contributed by atoms with E-state index in [1.807, 2.05) is 4.90 Å². The molecule has 9 nitrogen and oxygen atoms in total. The van der Waals surface area contributed by atoms with Crippen molar-refractivity contribution in [2.24, 2.45) is 5.73 Å². The summed E-state index contributed by atoms with van der Waals surface area (Å²) in [5, 5.41) is 13.2. The third-order valence-corrected chi connectivity index (χ3v) is 6.88. The van der Waals surface area contributed by atoms with Crippen LogP contribution in [0.25, 0.3) is 17.0 Å². The highest BCUT2D eigenvalue weighted by molar-refractivity contribution is 6.33. The van der Waals surface area contributed by atoms with Crippen LogP contribution in [0, 0.1) is 6.92 Å². The first-order valence-corrected chi connectivity index (χ1v) is 13.3. The number of alkyl halides is 3. The van der Waals surface area contributed by atoms with Crippen LogP contribution in [-0.2, 0) is 4.79 Å². The zero-order valence-electron chi connectivity index (χ0n) is 23.1. The first-order chi connectivity index (χ1) is 18.8. The van der Waals surface area contributed by atoms with Gasteiger partial charge in [0.2, 0.25) is 0 Å². The Balaban J connectivity index is 2.01. The maximum atomic E-state index is 12.7. The van der Waals surface area contributed by atoms with Crippen molar-refractivity contribution in [3.8, 4) is 17.1 Å². The number of benzene rings is 1. The van der Waals surface area contributed by atoms with E-state index in [1.165, 1.54) is 6.92 Å². The van der Waals surface area contributed by atoms with Gasteiger partial charge in [0, 0.05) is 56.1 Å². The molecule has 0 unspecified atom stereocenters. The lowest BCUT2D eigenvalue weighted by Gasteiger charge is -2.36. The minimum atomic E-state index is -4.21. The lowest BCUT2D eigenvalue weighted by Crippen LogP contribution is -2.47. The zero-order chi connectivity index (χ0) is 29.6. The van der Waals surface area contributed by atoms with E-state index in [0.717, 1.165) is 0 Å². The molecule has 2 heterocycles. The minimum Gasteiger partial charge on any atom is -0.491 e. The number of halogens is 4. The summed E-state index contributed by atoms with van der Waals surface area (Å²) in [6, 6.07) is 4.96. The van der Waals surface area contributed by atoms with Crippen molar-refractivity contribution < 1.29 is 27.8 Å². The molecule has 13 heteroatoms. The average molecular weight is 585 g/mol. The van der Waals surface area contributed by atoms with Gasteiger partial charge in [-0.05, 0) is 46.0 Å². The predicted molar refractivity (Wildman–Crippen MR) is 149 cm³/mol. The Hall–Kier alpha value is -2.93. The second kappa shape index (κ2) is 13.6. The molecule has 1 aromatic carbocycles. The van der Waals surface area contributed by atoms with Gasteiger partial charge in [-0.15, -0.1) is 0 Å². The van der Waals surface area contributed by atoms with Crippen molar-refractivity contribution in [1.82, 2.24) is 20.2 Å². The van der Waals surface area contributed by atoms with Gasteiger partial charge >= 0.3 is 6.18 Å². The lowest BCUT2D eigenvalue weighted by molar-refractivity contribution is -0.138. The Morgan fingerprint density at radius 2 is 1.90 bits per heavy atom. The van der Waals surface area contributed by atoms with Crippen molar-refractivity contribution >= 4 is 28.8 Å². The molecule has 1 aromatic heterocycles. The number of carbonyl (C=O) groups is 1. The van der Waals surface area contributed by atoms with Crippen LogP contribution < -0.4 is 20.7 Å². The highest BCUT2D eigenvalue weighted by atomic mass is 35.5. The van der Waals surface area contributed by atoms with Gasteiger partial charge in [0.15, 0.2) is 11.6 Å². The number of anilines is 1. The number of aromatic nitrogens is 2. The number of nitrogens with two attached hydrogens (primary N) is 1. The van der Waals surface area contributed by atoms with E-state index in [2.05, 4.69) is 5.32 Å². The van der Waals surface area contributed by atoms with Gasteiger partial charge in [-0.3, -0.25) is 9.69 Å². The van der Waals surface area contributed by atoms with Crippen LogP contribution in [-0.4, -0.2) is 91.0 Å². The fourth-order valence-electron chi connectivity index (χ4n) is 4.53. The van der Waals surface area contributed by atoms with Gasteiger partial charge in [-0.2, -0.15) is 13.2 Å². The quantitative estimate of drug-likeness (QED) is 0.342. The molecule has 220 valence electrons. The van der Waals surface area contributed by atoms with Gasteiger partial charge in [-0.25, -0.2) is 9.97 Å². The maximum Gasteiger partial charge on any atom is 0.390 e. The fraction of sp³-hybridized carbons (Fsp3) is 0.519. The molecule has 1 saturated heterocycles. The van der Waals surface area contributed by atoms with E-state index >= 15 is 0 Å². The van der Waals surface area contributed by atoms with Crippen LogP contribution in [0.15, 0.2) is 23.9 Å². The number of rotatable bonds is 11. The Morgan fingerprint density at radius 1 is 1.23 bits per heavy atom. The van der Waals surface area contributed by atoms with Crippen LogP contribution >= 0.6 is 11.6 Å². The molecular formula is C27H36ClF3N6O3. The number of hydrogen-bond acceptors (Lipinski definition) is 9. The summed E-state index contributed by atoms with van der Waals surface area (Å²) in [5.41, 5.74) is 8.09. The summed E-state index contributed by atoms with van der Waals surface area (Å²) in [4.78, 5) is 25.9. The second-order valence-corrected chi connectivity index (χ2v) is 10.2. The van der Waals surface area contributed by atoms with Gasteiger partial charge in [-0.1, -0.05) is 11.6 Å². The summed E-state index contributed by atoms with van der Waals surface area (Å²) in [5.74, 6) is 0.957. The number of hydrogen-bond donors (Lipinski definition) is 3. The molecule has 1 aliphatic heterocycles. The maximum absolute atomic E-state index is 12.7. The highest BCUT2D eigenvalue weighted by Gasteiger charge is 2.30. The van der Waals surface area contributed by atoms with Gasteiger partial charge in [0.1, 0.15) is 24.3 Å². The largest absolute Gasteiger partial charge is 0.491 e. The molecule has 40 heavy (non-hydrogen) atoms. The Labute approximate surface area is 237 Å². The number of nitrogens with one attached hydrogen (secondary N) is 1. The van der Waals surface area contributed by atoms with Crippen molar-refractivity contribution in [1.29, 1.82) is 0 Å². The van der Waals surface area contributed by atoms with Crippen molar-refractivity contribution in [2.45, 2.75) is 39.5 Å². The van der Waals surface area contributed by atoms with E-state index in [1.54, 1.807) is 44.0 Å². The number of aliphatic hydroxyl groups is 1. The predicted octanol–water partition coefficient (Wildman–Crippen LogP) is 3.42. The Bertz CT molecular complexity index is 1230. The van der Waals surface area contributed by atoms with Crippen LogP contribution in [0.5, 0.6) is 5.75 Å². The lowest BCUT2D eigenvalue weighted by atomic mass is 10.0. The molecule has 0 radical (unpaired) electrons. The van der Waals surface area contributed by atoms with E-state index in [9.17, 15) is 23.1 Å². The standard InChI is InChI=1S/C27H36ClF3N6O3/c1-16-24(23(17(2)32)18(3)38)34-25(21-13-20(5-6-22(21)28)40-15-19(39)14-33-4)35-26(16)37-11-9-36(10-12-37)8-7-27(29,30)31/h5-6,13,19,33,39H,7-12,14-15,32H2,1-4H3/t19-/m1/s1. The van der Waals surface area contributed by atoms with E-state index in [4.69, 9.17) is 32.0 Å². The summed E-state index contributed by atoms with van der Waals surface area (Å²) >= 11 is 6.56. The normalized spacial score (nSPS) is 16.1. The molecule has 1 atom stereocenters. The molecule has 0 bridgehead atoms. The van der Waals surface area contributed by atoms with E-state index < -0.39 is 18.7 Å². The Kier molecular flexibility index (Phi) is 10.8. The van der Waals surface area contributed by atoms with Crippen LogP contribution in [0.4, 0.5) is 19.0 Å². The molecule has 1 fully saturated rings. The number of carbonyl (C=O) groups excluding carboxylic acids is 1. The van der Waals surface area contributed by atoms with Crippen molar-refractivity contribution in [3.63, 3.8) is 0 Å². The van der Waals surface area contributed by atoms with Crippen LogP contribution in [0.2, 0.25) is 5.02 Å². The SMILES string of the molecule is CNC[C@@H](O)COc1ccc(Cl)c(-c2nc(C(C(C)=O)=C(C)N)c(C)c(N3CCN(CCC(F)(F)F)CC3)n2)c1. The minimum absolute atomic E-state index is 0.0510. The topological polar surface area (TPSA) is 117 Å². The summed E-state index contributed by atoms with van der Waals surface area (Å²) in [6.45, 7) is 6.89. The molecule has 2 aromatic rings. The smallest absolute Gasteiger partial charge is 0.390 e. The van der Waals surface area contributed by atoms with E-state index in [-0.39, 0.29) is 30.3 Å². The van der Waals surface area contributed by atoms with Crippen LogP contribution in [0.3, 0.4) is 0 Å². The summed E-state index contributed by atoms with van der Waals surface area (Å²) in [6.07, 6.45) is -5.79. The number of ether oxygens (including phenoxy) is 1. The average Bonchev–Trinajstić information content (AvgIpc) is 2.88. The molecule has 0 aliphatic carbocycles. The van der Waals surface area contributed by atoms with Gasteiger partial charge in [0.05, 0.1) is 22.7 Å². The van der Waals surface area contributed by atoms with Crippen molar-refractivity contribution in [3.05, 3.63) is 40.2 Å². The number of Topliss-reactive ketones (excluding diaryl/α,β-unsaturated/α-hetero) is 1. The van der Waals surface area contributed by atoms with Crippen molar-refractivity contribution in [2.75, 3.05) is 57.8 Å². The second-order valence-electron chi connectivity index (χ2n) is 9.82. The molecule has 0 amide bonds. The molecule has 4 N–H and O–H groups in total. The number of allylic oxidation sites excluding steroid dienone is 2. The number of nitrogens with zero attached hydrogens (tertiary/aromatic N) is 4. The molecule has 1 aliphatic rings. The monoisotopic (exact) mass is 584 g/mol. The highest BCUT2D eigenvalue weighted by Crippen LogP contribution is 2.35. The van der Waals surface area contributed by atoms with E-state index in [0.29, 0.717) is 71.8 Å². The van der Waals surface area contributed by atoms with Crippen LogP contribution in [0.1, 0.15) is 31.5 Å². The summed E-state index contributed by atoms with van der Waals surface area (Å²) < 4.78 is 43.9. The third-order valence-electron chi connectivity index (χ3n) is 6.55. The first-order valence-electron chi connectivity index (χ1n) is 13.0. The number of aliphatic hydroxyl groups excluding tert-OH is 1. The molecule has 0 saturated carbocycles. The first kappa shape index (κ1) is 31.6. The summed E-state index contributed by atoms with van der Waals surface area (Å²) in [7, 11) is 1.72.